The summed E-state index contributed by atoms with van der Waals surface area (Å²) >= 11 is 0. The molecule has 1 aliphatic heterocycles. The molecule has 0 spiro atoms. The summed E-state index contributed by atoms with van der Waals surface area (Å²) in [7, 11) is 0. The number of rotatable bonds is 2. The van der Waals surface area contributed by atoms with Gasteiger partial charge in [-0.15, -0.1) is 0 Å². The van der Waals surface area contributed by atoms with Crippen molar-refractivity contribution in [3.63, 3.8) is 0 Å². The molecular weight excluding hydrogens is 256 g/mol. The van der Waals surface area contributed by atoms with Crippen LogP contribution in [0.1, 0.15) is 37.8 Å². The summed E-state index contributed by atoms with van der Waals surface area (Å²) in [5, 5.41) is 18.7. The third kappa shape index (κ3) is 1.99. The number of carbonyl (C=O) groups is 1. The lowest BCUT2D eigenvalue weighted by atomic mass is 9.85. The lowest BCUT2D eigenvalue weighted by Gasteiger charge is -2.33. The van der Waals surface area contributed by atoms with E-state index in [2.05, 4.69) is 9.97 Å². The van der Waals surface area contributed by atoms with Gasteiger partial charge in [0.1, 0.15) is 12.1 Å². The number of carboxylic acids is 1. The third-order valence-corrected chi connectivity index (χ3v) is 4.40. The fraction of sp³-hybridized carbons (Fsp3) is 0.571. The Balaban J connectivity index is 2.03. The van der Waals surface area contributed by atoms with Crippen molar-refractivity contribution in [1.82, 2.24) is 9.97 Å². The number of aromatic nitrogens is 2. The fourth-order valence-electron chi connectivity index (χ4n) is 3.58. The minimum absolute atomic E-state index is 0.175. The predicted octanol–water partition coefficient (Wildman–Crippen LogP) is 1.57. The normalized spacial score (nSPS) is 28.8. The summed E-state index contributed by atoms with van der Waals surface area (Å²) in [6.45, 7) is 0. The molecule has 1 saturated carbocycles. The van der Waals surface area contributed by atoms with Gasteiger partial charge in [0.25, 0.3) is 0 Å². The van der Waals surface area contributed by atoms with E-state index in [9.17, 15) is 15.2 Å². The molecule has 104 valence electrons. The van der Waals surface area contributed by atoms with Gasteiger partial charge in [0.15, 0.2) is 11.5 Å². The molecule has 0 radical (unpaired) electrons. The quantitative estimate of drug-likeness (QED) is 0.878. The van der Waals surface area contributed by atoms with E-state index in [1.54, 1.807) is 0 Å². The molecule has 1 aromatic rings. The molecule has 2 fully saturated rings. The van der Waals surface area contributed by atoms with Gasteiger partial charge in [-0.2, -0.15) is 5.26 Å². The number of hydrogen-bond acceptors (Lipinski definition) is 5. The highest BCUT2D eigenvalue weighted by Gasteiger charge is 2.46. The van der Waals surface area contributed by atoms with Crippen LogP contribution in [0.2, 0.25) is 0 Å². The van der Waals surface area contributed by atoms with Crippen LogP contribution in [0.25, 0.3) is 0 Å². The third-order valence-electron chi connectivity index (χ3n) is 4.40. The molecule has 0 aromatic carbocycles. The minimum Gasteiger partial charge on any atom is -0.480 e. The molecule has 1 aliphatic carbocycles. The Morgan fingerprint density at radius 1 is 1.35 bits per heavy atom. The molecule has 0 bridgehead atoms. The first kappa shape index (κ1) is 12.9. The lowest BCUT2D eigenvalue weighted by molar-refractivity contribution is -0.138. The van der Waals surface area contributed by atoms with E-state index in [1.807, 2.05) is 11.0 Å². The first-order chi connectivity index (χ1) is 9.72. The number of nitriles is 1. The molecular formula is C14H16N4O2. The van der Waals surface area contributed by atoms with E-state index in [1.165, 1.54) is 12.4 Å². The smallest absolute Gasteiger partial charge is 0.326 e. The Hall–Kier alpha value is -2.16. The van der Waals surface area contributed by atoms with Gasteiger partial charge in [-0.1, -0.05) is 12.8 Å². The van der Waals surface area contributed by atoms with Crippen molar-refractivity contribution < 1.29 is 9.90 Å². The molecule has 2 aliphatic rings. The number of carboxylic acid groups (broad SMARTS) is 1. The first-order valence-corrected chi connectivity index (χ1v) is 6.94. The number of anilines is 1. The van der Waals surface area contributed by atoms with Crippen LogP contribution in [0.15, 0.2) is 12.4 Å². The maximum Gasteiger partial charge on any atom is 0.326 e. The maximum atomic E-state index is 11.6. The van der Waals surface area contributed by atoms with Crippen LogP contribution in [0.4, 0.5) is 5.82 Å². The molecule has 3 atom stereocenters. The maximum absolute atomic E-state index is 11.6. The van der Waals surface area contributed by atoms with Crippen LogP contribution < -0.4 is 4.90 Å². The van der Waals surface area contributed by atoms with Crippen molar-refractivity contribution in [2.24, 2.45) is 5.92 Å². The van der Waals surface area contributed by atoms with Crippen LogP contribution in [0.3, 0.4) is 0 Å². The number of nitrogens with zero attached hydrogens (tertiary/aromatic N) is 4. The second kappa shape index (κ2) is 5.08. The van der Waals surface area contributed by atoms with E-state index in [4.69, 9.17) is 0 Å². The molecule has 6 nitrogen and oxygen atoms in total. The lowest BCUT2D eigenvalue weighted by Crippen LogP contribution is -2.43. The molecule has 20 heavy (non-hydrogen) atoms. The van der Waals surface area contributed by atoms with E-state index in [0.717, 1.165) is 25.7 Å². The molecule has 3 rings (SSSR count). The second-order valence-corrected chi connectivity index (χ2v) is 5.45. The van der Waals surface area contributed by atoms with Crippen molar-refractivity contribution >= 4 is 11.8 Å². The van der Waals surface area contributed by atoms with Crippen LogP contribution >= 0.6 is 0 Å². The average molecular weight is 272 g/mol. The highest BCUT2D eigenvalue weighted by atomic mass is 16.4. The van der Waals surface area contributed by atoms with Gasteiger partial charge in [0.05, 0.1) is 0 Å². The van der Waals surface area contributed by atoms with Crippen molar-refractivity contribution in [1.29, 1.82) is 5.26 Å². The van der Waals surface area contributed by atoms with Crippen LogP contribution in [-0.4, -0.2) is 33.1 Å². The topological polar surface area (TPSA) is 90.1 Å². The van der Waals surface area contributed by atoms with Gasteiger partial charge < -0.3 is 10.0 Å². The van der Waals surface area contributed by atoms with Gasteiger partial charge in [-0.3, -0.25) is 0 Å². The summed E-state index contributed by atoms with van der Waals surface area (Å²) in [5.41, 5.74) is 0.213. The van der Waals surface area contributed by atoms with Crippen LogP contribution in [-0.2, 0) is 4.79 Å². The molecule has 1 aromatic heterocycles. The summed E-state index contributed by atoms with van der Waals surface area (Å²) in [6, 6.07) is 1.60. The van der Waals surface area contributed by atoms with E-state index in [0.29, 0.717) is 18.2 Å². The number of hydrogen-bond donors (Lipinski definition) is 1. The van der Waals surface area contributed by atoms with Crippen molar-refractivity contribution in [3.05, 3.63) is 18.1 Å². The zero-order valence-electron chi connectivity index (χ0n) is 11.1. The first-order valence-electron chi connectivity index (χ1n) is 6.94. The Morgan fingerprint density at radius 3 is 2.85 bits per heavy atom. The minimum atomic E-state index is -0.839. The Morgan fingerprint density at radius 2 is 2.10 bits per heavy atom. The van der Waals surface area contributed by atoms with Crippen molar-refractivity contribution in [2.75, 3.05) is 4.90 Å². The van der Waals surface area contributed by atoms with Gasteiger partial charge in [0, 0.05) is 18.4 Å². The SMILES string of the molecule is N#Cc1nccnc1N1C(C(=O)O)CC2CCCCC21. The second-order valence-electron chi connectivity index (χ2n) is 5.45. The Kier molecular flexibility index (Phi) is 3.26. The fourth-order valence-corrected chi connectivity index (χ4v) is 3.58. The van der Waals surface area contributed by atoms with Gasteiger partial charge >= 0.3 is 5.97 Å². The summed E-state index contributed by atoms with van der Waals surface area (Å²) in [5.74, 6) is -0.0239. The largest absolute Gasteiger partial charge is 0.480 e. The van der Waals surface area contributed by atoms with Crippen LogP contribution in [0, 0.1) is 17.2 Å². The predicted molar refractivity (Wildman–Crippen MR) is 71.0 cm³/mol. The molecule has 1 N–H and O–H groups in total. The number of fused-ring (bicyclic) bond motifs is 1. The summed E-state index contributed by atoms with van der Waals surface area (Å²) in [6.07, 6.45) is 7.92. The zero-order chi connectivity index (χ0) is 14.1. The highest BCUT2D eigenvalue weighted by Crippen LogP contribution is 2.42. The van der Waals surface area contributed by atoms with Crippen LogP contribution in [0.5, 0.6) is 0 Å². The molecule has 2 heterocycles. The molecule has 1 saturated heterocycles. The number of aliphatic carboxylic acids is 1. The summed E-state index contributed by atoms with van der Waals surface area (Å²) < 4.78 is 0. The zero-order valence-corrected chi connectivity index (χ0v) is 11.1. The standard InChI is InChI=1S/C14H16N4O2/c15-8-10-13(17-6-5-16-10)18-11-4-2-1-3-9(11)7-12(18)14(19)20/h5-6,9,11-12H,1-4,7H2,(H,19,20). The molecule has 6 heteroatoms. The molecule has 3 unspecified atom stereocenters. The van der Waals surface area contributed by atoms with E-state index in [-0.39, 0.29) is 11.7 Å². The molecule has 0 amide bonds. The Bertz CT molecular complexity index is 569. The van der Waals surface area contributed by atoms with Gasteiger partial charge in [-0.25, -0.2) is 14.8 Å². The van der Waals surface area contributed by atoms with Crippen molar-refractivity contribution in [2.45, 2.75) is 44.2 Å². The Labute approximate surface area is 117 Å². The van der Waals surface area contributed by atoms with Gasteiger partial charge in [-0.05, 0) is 25.2 Å². The van der Waals surface area contributed by atoms with E-state index < -0.39 is 12.0 Å². The van der Waals surface area contributed by atoms with Crippen molar-refractivity contribution in [3.8, 4) is 6.07 Å². The van der Waals surface area contributed by atoms with E-state index >= 15 is 0 Å². The average Bonchev–Trinajstić information content (AvgIpc) is 2.86. The van der Waals surface area contributed by atoms with Gasteiger partial charge in [0.2, 0.25) is 0 Å². The summed E-state index contributed by atoms with van der Waals surface area (Å²) in [4.78, 5) is 21.6. The monoisotopic (exact) mass is 272 g/mol. The highest BCUT2D eigenvalue weighted by molar-refractivity contribution is 5.79.